The topological polar surface area (TPSA) is 43.4 Å². The third-order valence-electron chi connectivity index (χ3n) is 2.72. The van der Waals surface area contributed by atoms with Crippen LogP contribution in [0.5, 0.6) is 0 Å². The molecule has 19 heavy (non-hydrogen) atoms. The zero-order valence-corrected chi connectivity index (χ0v) is 13.2. The van der Waals surface area contributed by atoms with Gasteiger partial charge in [0.1, 0.15) is 0 Å². The van der Waals surface area contributed by atoms with Gasteiger partial charge in [-0.3, -0.25) is 0 Å². The van der Waals surface area contributed by atoms with Gasteiger partial charge in [-0.15, -0.1) is 0 Å². The first kappa shape index (κ1) is 16.5. The lowest BCUT2D eigenvalue weighted by Crippen LogP contribution is -2.09. The lowest BCUT2D eigenvalue weighted by Gasteiger charge is -2.19. The van der Waals surface area contributed by atoms with E-state index >= 15 is 0 Å². The largest absolute Gasteiger partial charge is 0.373 e. The highest BCUT2D eigenvalue weighted by Gasteiger charge is 2.14. The van der Waals surface area contributed by atoms with E-state index in [0.29, 0.717) is 12.5 Å². The van der Waals surface area contributed by atoms with Crippen LogP contribution in [0.25, 0.3) is 0 Å². The molecule has 0 unspecified atom stereocenters. The van der Waals surface area contributed by atoms with Crippen molar-refractivity contribution in [1.82, 2.24) is 0 Å². The molecule has 0 spiro atoms. The number of benzene rings is 1. The highest BCUT2D eigenvalue weighted by Crippen LogP contribution is 2.25. The van der Waals surface area contributed by atoms with Crippen molar-refractivity contribution in [3.05, 3.63) is 29.8 Å². The molecule has 0 fully saturated rings. The normalized spacial score (nSPS) is 13.7. The van der Waals surface area contributed by atoms with Gasteiger partial charge in [-0.1, -0.05) is 39.3 Å². The van der Waals surface area contributed by atoms with E-state index in [4.69, 9.17) is 15.4 Å². The van der Waals surface area contributed by atoms with E-state index in [9.17, 15) is 8.42 Å². The summed E-state index contributed by atoms with van der Waals surface area (Å²) >= 11 is 0. The Morgan fingerprint density at radius 3 is 2.21 bits per heavy atom. The minimum Gasteiger partial charge on any atom is -0.373 e. The molecule has 0 N–H and O–H groups in total. The van der Waals surface area contributed by atoms with Crippen molar-refractivity contribution in [2.75, 3.05) is 6.61 Å². The summed E-state index contributed by atoms with van der Waals surface area (Å²) in [4.78, 5) is 0.122. The Bertz CT molecular complexity index is 480. The van der Waals surface area contributed by atoms with Crippen LogP contribution in [0.1, 0.15) is 45.3 Å². The summed E-state index contributed by atoms with van der Waals surface area (Å²) in [6.45, 7) is 7.00. The lowest BCUT2D eigenvalue weighted by atomic mass is 10.1. The van der Waals surface area contributed by atoms with Gasteiger partial charge in [-0.05, 0) is 30.0 Å². The Hall–Kier alpha value is -0.580. The number of hydrogen-bond donors (Lipinski definition) is 0. The molecular weight excluding hydrogens is 284 g/mol. The molecule has 0 radical (unpaired) electrons. The molecule has 0 aliphatic carbocycles. The predicted octanol–water partition coefficient (Wildman–Crippen LogP) is 4.13. The lowest BCUT2D eigenvalue weighted by molar-refractivity contribution is 0.0291. The molecular formula is C14H21ClO3S. The van der Waals surface area contributed by atoms with Crippen LogP contribution in [0.15, 0.2) is 29.2 Å². The van der Waals surface area contributed by atoms with Gasteiger partial charge >= 0.3 is 0 Å². The van der Waals surface area contributed by atoms with Crippen molar-refractivity contribution in [2.45, 2.75) is 44.6 Å². The Morgan fingerprint density at radius 1 is 1.21 bits per heavy atom. The van der Waals surface area contributed by atoms with Crippen LogP contribution in [-0.2, 0) is 13.8 Å². The van der Waals surface area contributed by atoms with Gasteiger partial charge in [-0.2, -0.15) is 0 Å². The molecule has 1 aromatic carbocycles. The van der Waals surface area contributed by atoms with Gasteiger partial charge in [0.25, 0.3) is 9.05 Å². The molecule has 0 aromatic heterocycles. The fourth-order valence-electron chi connectivity index (χ4n) is 1.76. The number of halogens is 1. The van der Waals surface area contributed by atoms with Gasteiger partial charge < -0.3 is 4.74 Å². The third kappa shape index (κ3) is 5.51. The molecule has 0 saturated carbocycles. The van der Waals surface area contributed by atoms with Crippen LogP contribution in [0.4, 0.5) is 0 Å². The number of ether oxygens (including phenoxy) is 1. The summed E-state index contributed by atoms with van der Waals surface area (Å²) in [5.74, 6) is 0.474. The van der Waals surface area contributed by atoms with Gasteiger partial charge in [0.2, 0.25) is 0 Å². The average molecular weight is 305 g/mol. The highest BCUT2D eigenvalue weighted by atomic mass is 35.7. The first-order valence-electron chi connectivity index (χ1n) is 6.50. The summed E-state index contributed by atoms with van der Waals surface area (Å²) in [6.07, 6.45) is 1.94. The van der Waals surface area contributed by atoms with Gasteiger partial charge in [0, 0.05) is 17.3 Å². The smallest absolute Gasteiger partial charge is 0.261 e. The summed E-state index contributed by atoms with van der Waals surface area (Å²) in [5, 5.41) is 0. The van der Waals surface area contributed by atoms with Crippen molar-refractivity contribution in [3.63, 3.8) is 0 Å². The highest BCUT2D eigenvalue weighted by molar-refractivity contribution is 8.13. The summed E-state index contributed by atoms with van der Waals surface area (Å²) < 4.78 is 28.3. The van der Waals surface area contributed by atoms with Crippen molar-refractivity contribution < 1.29 is 13.2 Å². The molecule has 0 saturated heterocycles. The molecule has 1 aromatic rings. The molecule has 0 amide bonds. The molecule has 0 heterocycles. The maximum absolute atomic E-state index is 11.2. The van der Waals surface area contributed by atoms with Gasteiger partial charge in [0.05, 0.1) is 11.0 Å². The molecule has 1 atom stereocenters. The van der Waals surface area contributed by atoms with Crippen molar-refractivity contribution in [2.24, 2.45) is 5.92 Å². The predicted molar refractivity (Wildman–Crippen MR) is 77.9 cm³/mol. The second-order valence-electron chi connectivity index (χ2n) is 5.01. The van der Waals surface area contributed by atoms with E-state index in [1.807, 2.05) is 0 Å². The zero-order chi connectivity index (χ0) is 14.5. The van der Waals surface area contributed by atoms with Crippen LogP contribution < -0.4 is 0 Å². The standard InChI is InChI=1S/C14H21ClO3S/c1-4-5-14(18-10-11(2)3)12-6-8-13(9-7-12)19(15,16)17/h6-9,11,14H,4-5,10H2,1-3H3/t14-/m0/s1. The van der Waals surface area contributed by atoms with Crippen LogP contribution in [0.3, 0.4) is 0 Å². The summed E-state index contributed by atoms with van der Waals surface area (Å²) in [7, 11) is 1.64. The zero-order valence-electron chi connectivity index (χ0n) is 11.6. The van der Waals surface area contributed by atoms with Crippen LogP contribution in [-0.4, -0.2) is 15.0 Å². The minimum atomic E-state index is -3.65. The number of rotatable bonds is 7. The van der Waals surface area contributed by atoms with Crippen molar-refractivity contribution in [3.8, 4) is 0 Å². The van der Waals surface area contributed by atoms with Crippen molar-refractivity contribution in [1.29, 1.82) is 0 Å². The Morgan fingerprint density at radius 2 is 1.79 bits per heavy atom. The minimum absolute atomic E-state index is 0.0134. The van der Waals surface area contributed by atoms with E-state index in [0.717, 1.165) is 18.4 Å². The first-order valence-corrected chi connectivity index (χ1v) is 8.81. The fraction of sp³-hybridized carbons (Fsp3) is 0.571. The second-order valence-corrected chi connectivity index (χ2v) is 7.58. The Balaban J connectivity index is 2.85. The fourth-order valence-corrected chi connectivity index (χ4v) is 2.53. The van der Waals surface area contributed by atoms with E-state index in [1.165, 1.54) is 12.1 Å². The summed E-state index contributed by atoms with van der Waals surface area (Å²) in [6, 6.07) is 6.60. The quantitative estimate of drug-likeness (QED) is 0.711. The van der Waals surface area contributed by atoms with Crippen LogP contribution in [0.2, 0.25) is 0 Å². The number of hydrogen-bond acceptors (Lipinski definition) is 3. The van der Waals surface area contributed by atoms with Crippen molar-refractivity contribution >= 4 is 19.7 Å². The molecule has 3 nitrogen and oxygen atoms in total. The van der Waals surface area contributed by atoms with E-state index in [1.54, 1.807) is 12.1 Å². The third-order valence-corrected chi connectivity index (χ3v) is 4.08. The maximum Gasteiger partial charge on any atom is 0.261 e. The molecule has 0 aliphatic heterocycles. The van der Waals surface area contributed by atoms with Crippen LogP contribution in [0, 0.1) is 5.92 Å². The first-order chi connectivity index (χ1) is 8.84. The molecule has 108 valence electrons. The Labute approximate surface area is 120 Å². The van der Waals surface area contributed by atoms with Crippen LogP contribution >= 0.6 is 10.7 Å². The monoisotopic (exact) mass is 304 g/mol. The van der Waals surface area contributed by atoms with E-state index in [-0.39, 0.29) is 11.0 Å². The van der Waals surface area contributed by atoms with Gasteiger partial charge in [0.15, 0.2) is 0 Å². The molecule has 0 aliphatic rings. The second kappa shape index (κ2) is 7.27. The van der Waals surface area contributed by atoms with Gasteiger partial charge in [-0.25, -0.2) is 8.42 Å². The molecule has 1 rings (SSSR count). The maximum atomic E-state index is 11.2. The van der Waals surface area contributed by atoms with E-state index < -0.39 is 9.05 Å². The SMILES string of the molecule is CCC[C@H](OCC(C)C)c1ccc(S(=O)(=O)Cl)cc1. The molecule has 5 heteroatoms. The van der Waals surface area contributed by atoms with E-state index in [2.05, 4.69) is 20.8 Å². The molecule has 0 bridgehead atoms. The summed E-state index contributed by atoms with van der Waals surface area (Å²) in [5.41, 5.74) is 0.992. The average Bonchev–Trinajstić information content (AvgIpc) is 2.33. The Kier molecular flexibility index (Phi) is 6.30.